The van der Waals surface area contributed by atoms with E-state index >= 15 is 0 Å². The zero-order valence-electron chi connectivity index (χ0n) is 22.8. The fraction of sp³-hybridized carbons (Fsp3) is 0.444. The van der Waals surface area contributed by atoms with Gasteiger partial charge in [-0.1, -0.05) is 12.1 Å². The molecule has 0 aliphatic rings. The monoisotopic (exact) mass is 569 g/mol. The van der Waals surface area contributed by atoms with E-state index in [0.29, 0.717) is 53.8 Å². The number of methoxy groups -OCH3 is 4. The maximum absolute atomic E-state index is 12.6. The smallest absolute Gasteiger partial charge is 0.133 e. The number of aliphatic hydroxyl groups is 3. The molecule has 0 heterocycles. The number of ether oxygens (including phenoxy) is 4. The molecule has 218 valence electrons. The number of aliphatic hydroxyl groups excluding tert-OH is 3. The number of hydrogen-bond donors (Lipinski definition) is 4. The lowest BCUT2D eigenvalue weighted by atomic mass is 10.1. The van der Waals surface area contributed by atoms with Gasteiger partial charge >= 0.3 is 0 Å². The Kier molecular flexibility index (Phi) is 16.5. The summed E-state index contributed by atoms with van der Waals surface area (Å²) in [6.07, 6.45) is 1.39. The molecule has 2 aromatic rings. The van der Waals surface area contributed by atoms with Crippen LogP contribution in [0.5, 0.6) is 23.0 Å². The van der Waals surface area contributed by atoms with E-state index in [0.717, 1.165) is 10.5 Å². The number of carbonyl (C=O) groups is 1. The van der Waals surface area contributed by atoms with Gasteiger partial charge in [-0.25, -0.2) is 0 Å². The standard InChI is InChI=1S/C21H24O7S.C6H15NO3/c1-25-16-11-19(27-3)17(20(12-16)28-4)7-8-29(24)13-14-5-6-18(26-2)15(9-14)10-21(22)23;8-4-1-7(2-5-9)3-6-10/h5-9,11-12H,10,13H2,1-4H3,(H,22,23);8-10H,1-6H2/b8-7+;. The lowest BCUT2D eigenvalue weighted by Gasteiger charge is -2.15. The molecule has 39 heavy (non-hydrogen) atoms. The molecule has 0 spiro atoms. The van der Waals surface area contributed by atoms with Crippen LogP contribution in [0.3, 0.4) is 0 Å². The van der Waals surface area contributed by atoms with E-state index in [9.17, 15) is 14.1 Å². The Balaban J connectivity index is 0.000000646. The van der Waals surface area contributed by atoms with Gasteiger partial charge in [0.05, 0.1) is 70.4 Å². The third-order valence-electron chi connectivity index (χ3n) is 5.52. The molecule has 0 saturated carbocycles. The number of quaternary nitrogens is 1. The highest BCUT2D eigenvalue weighted by molar-refractivity contribution is 7.87. The molecule has 2 aromatic carbocycles. The first kappa shape index (κ1) is 33.9. The van der Waals surface area contributed by atoms with Gasteiger partial charge in [0.2, 0.25) is 0 Å². The average Bonchev–Trinajstić information content (AvgIpc) is 2.92. The number of hydrogen-bond acceptors (Lipinski definition) is 10. The fourth-order valence-corrected chi connectivity index (χ4v) is 4.51. The number of aliphatic carboxylic acids is 1. The summed E-state index contributed by atoms with van der Waals surface area (Å²) >= 11 is 0. The first-order chi connectivity index (χ1) is 18.8. The molecular weight excluding hydrogens is 530 g/mol. The zero-order chi connectivity index (χ0) is 29.2. The molecule has 0 fully saturated rings. The number of rotatable bonds is 16. The lowest BCUT2D eigenvalue weighted by molar-refractivity contribution is -0.901. The number of nitrogens with one attached hydrogen (secondary N) is 1. The van der Waals surface area contributed by atoms with Gasteiger partial charge in [0.1, 0.15) is 42.6 Å². The van der Waals surface area contributed by atoms with E-state index in [2.05, 4.69) is 0 Å². The molecule has 12 heteroatoms. The van der Waals surface area contributed by atoms with Gasteiger partial charge in [0.15, 0.2) is 0 Å². The minimum absolute atomic E-state index is 0.106. The Morgan fingerprint density at radius 3 is 1.85 bits per heavy atom. The third kappa shape index (κ3) is 12.1. The van der Waals surface area contributed by atoms with E-state index < -0.39 is 16.8 Å². The van der Waals surface area contributed by atoms with E-state index in [-0.39, 0.29) is 32.0 Å². The Morgan fingerprint density at radius 2 is 1.41 bits per heavy atom. The van der Waals surface area contributed by atoms with Crippen molar-refractivity contribution >= 4 is 22.8 Å². The van der Waals surface area contributed by atoms with Crippen LogP contribution in [0.1, 0.15) is 16.7 Å². The number of carboxylic acid groups (broad SMARTS) is 1. The lowest BCUT2D eigenvalue weighted by Crippen LogP contribution is -3.13. The first-order valence-electron chi connectivity index (χ1n) is 12.1. The first-order valence-corrected chi connectivity index (χ1v) is 13.5. The Bertz CT molecular complexity index is 1040. The second-order valence-electron chi connectivity index (χ2n) is 8.14. The quantitative estimate of drug-likeness (QED) is 0.193. The molecule has 0 aromatic heterocycles. The summed E-state index contributed by atoms with van der Waals surface area (Å²) in [4.78, 5) is 12.0. The minimum Gasteiger partial charge on any atom is -0.550 e. The maximum Gasteiger partial charge on any atom is 0.133 e. The highest BCUT2D eigenvalue weighted by Gasteiger charge is 2.12. The normalized spacial score (nSPS) is 11.6. The summed E-state index contributed by atoms with van der Waals surface area (Å²) in [5.41, 5.74) is 1.83. The van der Waals surface area contributed by atoms with Crippen LogP contribution < -0.4 is 29.0 Å². The fourth-order valence-electron chi connectivity index (χ4n) is 3.62. The Labute approximate surface area is 231 Å². The zero-order valence-corrected chi connectivity index (χ0v) is 23.6. The van der Waals surface area contributed by atoms with E-state index in [1.807, 2.05) is 0 Å². The van der Waals surface area contributed by atoms with Crippen LogP contribution in [-0.2, 0) is 27.8 Å². The number of carboxylic acids is 1. The molecule has 0 saturated heterocycles. The maximum atomic E-state index is 12.6. The van der Waals surface area contributed by atoms with Crippen molar-refractivity contribution < 1.29 is 53.3 Å². The van der Waals surface area contributed by atoms with E-state index in [1.54, 1.807) is 43.5 Å². The van der Waals surface area contributed by atoms with E-state index in [1.165, 1.54) is 26.7 Å². The van der Waals surface area contributed by atoms with Crippen molar-refractivity contribution in [1.29, 1.82) is 0 Å². The minimum atomic E-state index is -1.36. The second kappa shape index (κ2) is 19.0. The molecule has 0 radical (unpaired) electrons. The van der Waals surface area contributed by atoms with Gasteiger partial charge in [0.25, 0.3) is 0 Å². The van der Waals surface area contributed by atoms with Crippen LogP contribution in [0.4, 0.5) is 0 Å². The Hall–Kier alpha value is -3.16. The number of benzene rings is 2. The summed E-state index contributed by atoms with van der Waals surface area (Å²) in [7, 11) is 4.70. The van der Waals surface area contributed by atoms with Crippen LogP contribution in [0.15, 0.2) is 35.7 Å². The predicted octanol–water partition coefficient (Wildman–Crippen LogP) is -1.22. The van der Waals surface area contributed by atoms with Gasteiger partial charge in [-0.15, -0.1) is 0 Å². The van der Waals surface area contributed by atoms with Crippen molar-refractivity contribution in [3.8, 4) is 23.0 Å². The number of carbonyl (C=O) groups excluding carboxylic acids is 1. The molecule has 0 amide bonds. The summed E-state index contributed by atoms with van der Waals surface area (Å²) in [6.45, 7) is 2.11. The van der Waals surface area contributed by atoms with Gasteiger partial charge < -0.3 is 49.1 Å². The highest BCUT2D eigenvalue weighted by atomic mass is 32.2. The van der Waals surface area contributed by atoms with Gasteiger partial charge in [-0.2, -0.15) is 0 Å². The van der Waals surface area contributed by atoms with Gasteiger partial charge in [-0.3, -0.25) is 4.21 Å². The molecule has 2 rings (SSSR count). The van der Waals surface area contributed by atoms with Crippen molar-refractivity contribution in [2.45, 2.75) is 12.2 Å². The highest BCUT2D eigenvalue weighted by Crippen LogP contribution is 2.35. The molecule has 1 unspecified atom stereocenters. The van der Waals surface area contributed by atoms with Crippen molar-refractivity contribution in [3.05, 3.63) is 52.4 Å². The van der Waals surface area contributed by atoms with Crippen LogP contribution >= 0.6 is 0 Å². The van der Waals surface area contributed by atoms with Crippen LogP contribution in [-0.4, -0.2) is 93.4 Å². The van der Waals surface area contributed by atoms with E-state index in [4.69, 9.17) is 34.3 Å². The third-order valence-corrected chi connectivity index (χ3v) is 6.58. The van der Waals surface area contributed by atoms with Crippen molar-refractivity contribution in [2.24, 2.45) is 0 Å². The topological polar surface area (TPSA) is 159 Å². The Morgan fingerprint density at radius 1 is 0.872 bits per heavy atom. The summed E-state index contributed by atoms with van der Waals surface area (Å²) < 4.78 is 33.7. The van der Waals surface area contributed by atoms with Crippen molar-refractivity contribution in [3.63, 3.8) is 0 Å². The van der Waals surface area contributed by atoms with Crippen LogP contribution in [0.2, 0.25) is 0 Å². The average molecular weight is 570 g/mol. The van der Waals surface area contributed by atoms with Crippen LogP contribution in [0.25, 0.3) is 6.08 Å². The van der Waals surface area contributed by atoms with Crippen molar-refractivity contribution in [1.82, 2.24) is 0 Å². The van der Waals surface area contributed by atoms with Crippen LogP contribution in [0, 0.1) is 0 Å². The van der Waals surface area contributed by atoms with Gasteiger partial charge in [-0.05, 0) is 23.3 Å². The second-order valence-corrected chi connectivity index (χ2v) is 9.46. The molecule has 0 aliphatic carbocycles. The molecule has 11 nitrogen and oxygen atoms in total. The van der Waals surface area contributed by atoms with Crippen molar-refractivity contribution in [2.75, 3.05) is 67.9 Å². The largest absolute Gasteiger partial charge is 0.550 e. The molecule has 4 N–H and O–H groups in total. The predicted molar refractivity (Wildman–Crippen MR) is 146 cm³/mol. The summed E-state index contributed by atoms with van der Waals surface area (Å²) in [5, 5.41) is 38.0. The summed E-state index contributed by atoms with van der Waals surface area (Å²) in [6, 6.07) is 8.48. The summed E-state index contributed by atoms with van der Waals surface area (Å²) in [5.74, 6) is 1.08. The molecule has 0 bridgehead atoms. The van der Waals surface area contributed by atoms with Gasteiger partial charge in [0, 0.05) is 29.9 Å². The SMILES string of the molecule is COc1cc(OC)c(/C=C/S(=O)Cc2ccc(OC)c(CC(=O)[O-])c2)c(OC)c1.OCC[NH+](CCO)CCO. The molecule has 1 atom stereocenters. The molecule has 0 aliphatic heterocycles. The molecular formula is C27H39NO10S.